The maximum Gasteiger partial charge on any atom is 0.412 e. The lowest BCUT2D eigenvalue weighted by molar-refractivity contribution is -0.109. The largest absolute Gasteiger partial charge is 0.449 e. The van der Waals surface area contributed by atoms with Crippen molar-refractivity contribution in [2.45, 2.75) is 6.42 Å². The van der Waals surface area contributed by atoms with Gasteiger partial charge in [0.1, 0.15) is 17.3 Å². The lowest BCUT2D eigenvalue weighted by Crippen LogP contribution is -2.18. The maximum absolute atomic E-state index is 11.7. The van der Waals surface area contributed by atoms with E-state index in [9.17, 15) is 9.59 Å². The first kappa shape index (κ1) is 12.9. The van der Waals surface area contributed by atoms with E-state index in [2.05, 4.69) is 15.4 Å². The molecule has 1 fully saturated rings. The Morgan fingerprint density at radius 2 is 2.50 bits per heavy atom. The van der Waals surface area contributed by atoms with Crippen molar-refractivity contribution in [3.8, 4) is 0 Å². The number of fused-ring (bicyclic) bond motifs is 1. The van der Waals surface area contributed by atoms with Gasteiger partial charge in [-0.3, -0.25) is 5.32 Å². The molecule has 0 spiro atoms. The Morgan fingerprint density at radius 1 is 1.65 bits per heavy atom. The molecule has 0 bridgehead atoms. The van der Waals surface area contributed by atoms with Crippen molar-refractivity contribution in [3.05, 3.63) is 23.5 Å². The van der Waals surface area contributed by atoms with Crippen LogP contribution >= 0.6 is 11.6 Å². The number of aromatic nitrogens is 3. The summed E-state index contributed by atoms with van der Waals surface area (Å²) in [5, 5.41) is 6.83. The fourth-order valence-electron chi connectivity index (χ4n) is 1.92. The number of carbonyl (C=O) groups is 2. The average molecular weight is 295 g/mol. The van der Waals surface area contributed by atoms with Crippen LogP contribution in [0.25, 0.3) is 5.65 Å². The summed E-state index contributed by atoms with van der Waals surface area (Å²) in [4.78, 5) is 26.2. The summed E-state index contributed by atoms with van der Waals surface area (Å²) in [5.41, 5.74) is 0.524. The van der Waals surface area contributed by atoms with Crippen molar-refractivity contribution < 1.29 is 14.3 Å². The van der Waals surface area contributed by atoms with Gasteiger partial charge in [0.15, 0.2) is 5.65 Å². The van der Waals surface area contributed by atoms with E-state index in [4.69, 9.17) is 16.3 Å². The van der Waals surface area contributed by atoms with Crippen LogP contribution in [0.2, 0.25) is 5.15 Å². The molecule has 1 saturated carbocycles. The fourth-order valence-corrected chi connectivity index (χ4v) is 2.11. The number of anilines is 1. The fraction of sp³-hybridized carbons (Fsp3) is 0.333. The molecule has 1 amide bonds. The van der Waals surface area contributed by atoms with Crippen molar-refractivity contribution in [2.75, 3.05) is 11.9 Å². The zero-order valence-corrected chi connectivity index (χ0v) is 11.1. The molecule has 1 aliphatic carbocycles. The van der Waals surface area contributed by atoms with Crippen molar-refractivity contribution in [3.63, 3.8) is 0 Å². The van der Waals surface area contributed by atoms with E-state index in [-0.39, 0.29) is 23.6 Å². The molecule has 2 heterocycles. The number of hydrogen-bond donors (Lipinski definition) is 1. The molecule has 8 heteroatoms. The Labute approximate surface area is 118 Å². The normalized spacial score (nSPS) is 20.6. The van der Waals surface area contributed by atoms with Gasteiger partial charge in [0.25, 0.3) is 0 Å². The highest BCUT2D eigenvalue weighted by Gasteiger charge is 2.37. The molecule has 0 aromatic carbocycles. The second kappa shape index (κ2) is 5.09. The van der Waals surface area contributed by atoms with Crippen molar-refractivity contribution in [2.24, 2.45) is 11.8 Å². The topological polar surface area (TPSA) is 85.6 Å². The number of aldehydes is 1. The molecule has 0 radical (unpaired) electrons. The van der Waals surface area contributed by atoms with Crippen LogP contribution in [-0.2, 0) is 9.53 Å². The van der Waals surface area contributed by atoms with Crippen molar-refractivity contribution >= 4 is 35.4 Å². The van der Waals surface area contributed by atoms with E-state index in [1.165, 1.54) is 10.6 Å². The highest BCUT2D eigenvalue weighted by molar-refractivity contribution is 6.29. The van der Waals surface area contributed by atoms with Crippen LogP contribution in [0.3, 0.4) is 0 Å². The van der Waals surface area contributed by atoms with Gasteiger partial charge in [-0.15, -0.1) is 0 Å². The molecule has 2 aromatic rings. The number of nitrogens with zero attached hydrogens (tertiary/aromatic N) is 3. The lowest BCUT2D eigenvalue weighted by atomic mass is 10.3. The summed E-state index contributed by atoms with van der Waals surface area (Å²) < 4.78 is 6.50. The van der Waals surface area contributed by atoms with Crippen LogP contribution in [0.4, 0.5) is 10.6 Å². The zero-order chi connectivity index (χ0) is 14.1. The monoisotopic (exact) mass is 294 g/mol. The second-order valence-electron chi connectivity index (χ2n) is 4.58. The molecule has 0 aliphatic heterocycles. The van der Waals surface area contributed by atoms with Crippen LogP contribution in [-0.4, -0.2) is 33.6 Å². The maximum atomic E-state index is 11.7. The number of ether oxygens (including phenoxy) is 1. The Kier molecular flexibility index (Phi) is 3.27. The molecule has 1 aliphatic rings. The number of carbonyl (C=O) groups excluding carboxylic acids is 2. The number of nitrogens with one attached hydrogen (secondary N) is 1. The molecule has 3 rings (SSSR count). The predicted octanol–water partition coefficient (Wildman–Crippen LogP) is 1.77. The summed E-state index contributed by atoms with van der Waals surface area (Å²) in [6.45, 7) is 0.232. The summed E-state index contributed by atoms with van der Waals surface area (Å²) in [7, 11) is 0. The molecule has 104 valence electrons. The number of rotatable bonds is 4. The van der Waals surface area contributed by atoms with E-state index in [1.807, 2.05) is 0 Å². The number of hydrogen-bond acceptors (Lipinski definition) is 5. The number of halogens is 1. The molecule has 7 nitrogen and oxygen atoms in total. The van der Waals surface area contributed by atoms with Gasteiger partial charge in [-0.1, -0.05) is 11.6 Å². The van der Waals surface area contributed by atoms with E-state index in [1.54, 1.807) is 12.3 Å². The third-order valence-electron chi connectivity index (χ3n) is 3.14. The van der Waals surface area contributed by atoms with Gasteiger partial charge in [-0.2, -0.15) is 9.61 Å². The van der Waals surface area contributed by atoms with Gasteiger partial charge < -0.3 is 9.53 Å². The Bertz CT molecular complexity index is 672. The standard InChI is InChI=1S/C12H11ClN4O3/c13-9-4-11(17-10(15-9)1-2-14-17)16-12(19)20-6-8-3-7(8)5-18/h1-2,4-5,7-8H,3,6H2,(H,16,19). The first-order valence-corrected chi connectivity index (χ1v) is 6.44. The molecular weight excluding hydrogens is 284 g/mol. The summed E-state index contributed by atoms with van der Waals surface area (Å²) in [6.07, 6.45) is 2.61. The highest BCUT2D eigenvalue weighted by atomic mass is 35.5. The predicted molar refractivity (Wildman–Crippen MR) is 70.6 cm³/mol. The van der Waals surface area contributed by atoms with E-state index in [0.717, 1.165) is 12.7 Å². The zero-order valence-electron chi connectivity index (χ0n) is 10.3. The highest BCUT2D eigenvalue weighted by Crippen LogP contribution is 2.36. The Morgan fingerprint density at radius 3 is 3.25 bits per heavy atom. The molecule has 2 atom stereocenters. The minimum absolute atomic E-state index is 0.0241. The Hall–Kier alpha value is -2.15. The van der Waals surface area contributed by atoms with Crippen LogP contribution in [0.1, 0.15) is 6.42 Å². The first-order valence-electron chi connectivity index (χ1n) is 6.07. The van der Waals surface area contributed by atoms with Gasteiger partial charge in [0.2, 0.25) is 0 Å². The van der Waals surface area contributed by atoms with Gasteiger partial charge in [-0.05, 0) is 6.42 Å². The average Bonchev–Trinajstić information content (AvgIpc) is 3.03. The van der Waals surface area contributed by atoms with Crippen LogP contribution in [0.15, 0.2) is 18.3 Å². The molecule has 20 heavy (non-hydrogen) atoms. The lowest BCUT2D eigenvalue weighted by Gasteiger charge is -2.08. The van der Waals surface area contributed by atoms with Crippen molar-refractivity contribution in [1.29, 1.82) is 0 Å². The molecule has 1 N–H and O–H groups in total. The van der Waals surface area contributed by atoms with Gasteiger partial charge in [0, 0.05) is 24.0 Å². The molecule has 0 saturated heterocycles. The first-order chi connectivity index (χ1) is 9.67. The van der Waals surface area contributed by atoms with Crippen LogP contribution in [0.5, 0.6) is 0 Å². The SMILES string of the molecule is O=CC1CC1COC(=O)Nc1cc(Cl)nc2ccnn12. The van der Waals surface area contributed by atoms with E-state index >= 15 is 0 Å². The summed E-state index contributed by atoms with van der Waals surface area (Å²) in [5.74, 6) is 0.540. The van der Waals surface area contributed by atoms with Crippen LogP contribution in [0, 0.1) is 11.8 Å². The van der Waals surface area contributed by atoms with Gasteiger partial charge in [-0.25, -0.2) is 9.78 Å². The molecular formula is C12H11ClN4O3. The molecule has 2 aromatic heterocycles. The third kappa shape index (κ3) is 2.57. The minimum Gasteiger partial charge on any atom is -0.449 e. The quantitative estimate of drug-likeness (QED) is 0.686. The van der Waals surface area contributed by atoms with Gasteiger partial charge >= 0.3 is 6.09 Å². The number of amides is 1. The third-order valence-corrected chi connectivity index (χ3v) is 3.33. The summed E-state index contributed by atoms with van der Waals surface area (Å²) >= 11 is 5.86. The van der Waals surface area contributed by atoms with Crippen molar-refractivity contribution in [1.82, 2.24) is 14.6 Å². The smallest absolute Gasteiger partial charge is 0.412 e. The van der Waals surface area contributed by atoms with E-state index in [0.29, 0.717) is 11.5 Å². The molecule has 2 unspecified atom stereocenters. The Balaban J connectivity index is 1.65. The minimum atomic E-state index is -0.611. The summed E-state index contributed by atoms with van der Waals surface area (Å²) in [6, 6.07) is 3.15. The van der Waals surface area contributed by atoms with E-state index < -0.39 is 6.09 Å². The van der Waals surface area contributed by atoms with Gasteiger partial charge in [0.05, 0.1) is 12.8 Å². The van der Waals surface area contributed by atoms with Crippen LogP contribution < -0.4 is 5.32 Å². The second-order valence-corrected chi connectivity index (χ2v) is 4.97.